The van der Waals surface area contributed by atoms with Gasteiger partial charge in [0.1, 0.15) is 0 Å². The van der Waals surface area contributed by atoms with E-state index < -0.39 is 0 Å². The van der Waals surface area contributed by atoms with Crippen LogP contribution >= 0.6 is 0 Å². The Bertz CT molecular complexity index is 387. The van der Waals surface area contributed by atoms with Crippen molar-refractivity contribution in [2.24, 2.45) is 0 Å². The maximum absolute atomic E-state index is 11.3. The largest absolute Gasteiger partial charge is 0.386 e. The van der Waals surface area contributed by atoms with Crippen molar-refractivity contribution in [3.8, 4) is 0 Å². The van der Waals surface area contributed by atoms with Crippen LogP contribution in [0.5, 0.6) is 0 Å². The van der Waals surface area contributed by atoms with E-state index in [0.29, 0.717) is 11.4 Å². The molecular weight excluding hydrogens is 206 g/mol. The Kier molecular flexibility index (Phi) is 4.72. The maximum Gasteiger partial charge on any atom is 0.246 e. The molecule has 0 saturated carbocycles. The molecule has 0 aliphatic carbocycles. The minimum Gasteiger partial charge on any atom is -0.386 e. The molecular formula is C11H12N3O2. The minimum atomic E-state index is -0.363. The highest BCUT2D eigenvalue weighted by Gasteiger charge is 2.03. The van der Waals surface area contributed by atoms with E-state index in [4.69, 9.17) is 0 Å². The van der Waals surface area contributed by atoms with E-state index in [-0.39, 0.29) is 12.5 Å². The molecule has 0 saturated heterocycles. The van der Waals surface area contributed by atoms with Crippen LogP contribution in [0, 0.1) is 0 Å². The smallest absolute Gasteiger partial charge is 0.246 e. The van der Waals surface area contributed by atoms with Gasteiger partial charge in [-0.15, -0.1) is 0 Å². The van der Waals surface area contributed by atoms with Gasteiger partial charge in [-0.2, -0.15) is 0 Å². The highest BCUT2D eigenvalue weighted by molar-refractivity contribution is 5.95. The Hall–Kier alpha value is -2.17. The van der Waals surface area contributed by atoms with E-state index in [1.165, 1.54) is 6.08 Å². The van der Waals surface area contributed by atoms with Gasteiger partial charge in [0.25, 0.3) is 0 Å². The summed E-state index contributed by atoms with van der Waals surface area (Å²) in [6.07, 6.45) is 4.57. The zero-order valence-corrected chi connectivity index (χ0v) is 8.86. The lowest BCUT2D eigenvalue weighted by molar-refractivity contribution is -0.116. The van der Waals surface area contributed by atoms with Gasteiger partial charge < -0.3 is 10.6 Å². The molecule has 0 atom stereocenters. The van der Waals surface area contributed by atoms with Crippen LogP contribution in [-0.2, 0) is 9.59 Å². The van der Waals surface area contributed by atoms with Gasteiger partial charge >= 0.3 is 0 Å². The van der Waals surface area contributed by atoms with Crippen molar-refractivity contribution >= 4 is 17.9 Å². The Morgan fingerprint density at radius 3 is 2.94 bits per heavy atom. The number of pyridine rings is 1. The van der Waals surface area contributed by atoms with E-state index in [1.54, 1.807) is 31.7 Å². The van der Waals surface area contributed by atoms with E-state index in [2.05, 4.69) is 15.6 Å². The third kappa shape index (κ3) is 3.53. The van der Waals surface area contributed by atoms with Crippen molar-refractivity contribution in [3.63, 3.8) is 0 Å². The Morgan fingerprint density at radius 1 is 1.56 bits per heavy atom. The van der Waals surface area contributed by atoms with Gasteiger partial charge in [-0.05, 0) is 12.1 Å². The van der Waals surface area contributed by atoms with Crippen LogP contribution in [-0.4, -0.2) is 30.8 Å². The Labute approximate surface area is 93.6 Å². The standard InChI is InChI=1S/C11H12N3O2/c1-12-10(8-11(16)14-6-7-15)9-4-2-3-5-13-9/h2-5,8,12H,6H2,1H3,(H,14,16). The summed E-state index contributed by atoms with van der Waals surface area (Å²) >= 11 is 0. The normalized spacial score (nSPS) is 10.7. The fourth-order valence-corrected chi connectivity index (χ4v) is 1.10. The zero-order valence-electron chi connectivity index (χ0n) is 8.86. The van der Waals surface area contributed by atoms with Crippen LogP contribution in [0.2, 0.25) is 0 Å². The van der Waals surface area contributed by atoms with Crippen molar-refractivity contribution in [1.29, 1.82) is 0 Å². The second-order valence-electron chi connectivity index (χ2n) is 2.89. The number of hydrogen-bond donors (Lipinski definition) is 2. The van der Waals surface area contributed by atoms with Crippen molar-refractivity contribution in [3.05, 3.63) is 36.2 Å². The molecule has 1 aromatic rings. The van der Waals surface area contributed by atoms with E-state index in [0.717, 1.165) is 0 Å². The van der Waals surface area contributed by atoms with Crippen molar-refractivity contribution in [2.75, 3.05) is 13.6 Å². The van der Waals surface area contributed by atoms with Gasteiger partial charge in [-0.1, -0.05) is 6.07 Å². The predicted octanol–water partition coefficient (Wildman–Crippen LogP) is -0.132. The second-order valence-corrected chi connectivity index (χ2v) is 2.89. The first-order valence-corrected chi connectivity index (χ1v) is 4.71. The van der Waals surface area contributed by atoms with Crippen molar-refractivity contribution < 1.29 is 9.59 Å². The molecule has 1 rings (SSSR count). The number of nitrogens with zero attached hydrogens (tertiary/aromatic N) is 1. The topological polar surface area (TPSA) is 71.1 Å². The summed E-state index contributed by atoms with van der Waals surface area (Å²) in [5.41, 5.74) is 1.25. The summed E-state index contributed by atoms with van der Waals surface area (Å²) in [7, 11) is 1.69. The quantitative estimate of drug-likeness (QED) is 0.675. The number of rotatable bonds is 5. The Balaban J connectivity index is 2.78. The average molecular weight is 218 g/mol. The van der Waals surface area contributed by atoms with Crippen LogP contribution in [0.4, 0.5) is 0 Å². The molecule has 0 spiro atoms. The predicted molar refractivity (Wildman–Crippen MR) is 60.0 cm³/mol. The van der Waals surface area contributed by atoms with Crippen molar-refractivity contribution in [1.82, 2.24) is 15.6 Å². The fraction of sp³-hybridized carbons (Fsp3) is 0.182. The van der Waals surface area contributed by atoms with Gasteiger partial charge in [0.05, 0.1) is 17.9 Å². The zero-order chi connectivity index (χ0) is 11.8. The highest BCUT2D eigenvalue weighted by atomic mass is 16.2. The van der Waals surface area contributed by atoms with E-state index in [9.17, 15) is 9.59 Å². The Morgan fingerprint density at radius 2 is 2.38 bits per heavy atom. The molecule has 1 aromatic heterocycles. The molecule has 0 aromatic carbocycles. The monoisotopic (exact) mass is 218 g/mol. The highest BCUT2D eigenvalue weighted by Crippen LogP contribution is 2.05. The lowest BCUT2D eigenvalue weighted by Crippen LogP contribution is -2.24. The average Bonchev–Trinajstić information content (AvgIpc) is 2.34. The second kappa shape index (κ2) is 6.34. The summed E-state index contributed by atoms with van der Waals surface area (Å²) in [5.74, 6) is -0.363. The first kappa shape index (κ1) is 11.9. The molecule has 0 fully saturated rings. The minimum absolute atomic E-state index is 0.117. The van der Waals surface area contributed by atoms with Crippen LogP contribution in [0.25, 0.3) is 5.70 Å². The maximum atomic E-state index is 11.3. The third-order valence-corrected chi connectivity index (χ3v) is 1.82. The molecule has 0 aliphatic heterocycles. The molecule has 0 aliphatic rings. The molecule has 5 nitrogen and oxygen atoms in total. The first-order chi connectivity index (χ1) is 7.77. The molecule has 83 valence electrons. The van der Waals surface area contributed by atoms with Gasteiger partial charge in [0.15, 0.2) is 0 Å². The van der Waals surface area contributed by atoms with Gasteiger partial charge in [-0.25, -0.2) is 0 Å². The van der Waals surface area contributed by atoms with Gasteiger partial charge in [0, 0.05) is 19.3 Å². The number of amides is 1. The number of aromatic nitrogens is 1. The van der Waals surface area contributed by atoms with Crippen LogP contribution in [0.1, 0.15) is 5.69 Å². The molecule has 0 bridgehead atoms. The van der Waals surface area contributed by atoms with E-state index >= 15 is 0 Å². The summed E-state index contributed by atoms with van der Waals surface area (Å²) in [6, 6.07) is 5.39. The fourth-order valence-electron chi connectivity index (χ4n) is 1.10. The van der Waals surface area contributed by atoms with Crippen LogP contribution in [0.15, 0.2) is 30.5 Å². The third-order valence-electron chi connectivity index (χ3n) is 1.82. The summed E-state index contributed by atoms with van der Waals surface area (Å²) < 4.78 is 0. The molecule has 5 heteroatoms. The molecule has 1 radical (unpaired) electrons. The van der Waals surface area contributed by atoms with E-state index in [1.807, 2.05) is 6.07 Å². The molecule has 1 heterocycles. The lowest BCUT2D eigenvalue weighted by Gasteiger charge is -2.05. The number of hydrogen-bond acceptors (Lipinski definition) is 4. The molecule has 2 N–H and O–H groups in total. The van der Waals surface area contributed by atoms with Crippen LogP contribution < -0.4 is 10.6 Å². The molecule has 16 heavy (non-hydrogen) atoms. The van der Waals surface area contributed by atoms with Gasteiger partial charge in [-0.3, -0.25) is 14.6 Å². The lowest BCUT2D eigenvalue weighted by atomic mass is 10.2. The summed E-state index contributed by atoms with van der Waals surface area (Å²) in [4.78, 5) is 25.4. The van der Waals surface area contributed by atoms with Gasteiger partial charge in [0.2, 0.25) is 12.2 Å². The SMILES string of the molecule is CNC(=CC(=O)NC[C]=O)c1ccccn1. The molecule has 0 unspecified atom stereocenters. The number of carbonyl (C=O) groups is 1. The first-order valence-electron chi connectivity index (χ1n) is 4.71. The van der Waals surface area contributed by atoms with Crippen LogP contribution in [0.3, 0.4) is 0 Å². The number of nitrogens with one attached hydrogen (secondary N) is 2. The summed E-state index contributed by atoms with van der Waals surface area (Å²) in [6.45, 7) is -0.117. The van der Waals surface area contributed by atoms with Crippen molar-refractivity contribution in [2.45, 2.75) is 0 Å². The number of carbonyl (C=O) groups excluding carboxylic acids is 2. The molecule has 1 amide bonds. The summed E-state index contributed by atoms with van der Waals surface area (Å²) in [5, 5.41) is 5.23.